The van der Waals surface area contributed by atoms with Crippen LogP contribution in [-0.2, 0) is 9.84 Å². The fourth-order valence-corrected chi connectivity index (χ4v) is 4.05. The first-order chi connectivity index (χ1) is 13.9. The third-order valence-electron chi connectivity index (χ3n) is 4.69. The van der Waals surface area contributed by atoms with E-state index >= 15 is 0 Å². The molecule has 0 atom stereocenters. The zero-order valence-electron chi connectivity index (χ0n) is 16.2. The zero-order chi connectivity index (χ0) is 20.6. The Morgan fingerprint density at radius 3 is 2.48 bits per heavy atom. The second-order valence-electron chi connectivity index (χ2n) is 6.84. The minimum absolute atomic E-state index is 0. The van der Waals surface area contributed by atoms with E-state index in [-0.39, 0.29) is 1.43 Å². The molecule has 3 heterocycles. The van der Waals surface area contributed by atoms with E-state index in [9.17, 15) is 8.42 Å². The van der Waals surface area contributed by atoms with Crippen LogP contribution in [0.15, 0.2) is 59.8 Å². The molecule has 3 aromatic heterocycles. The fourth-order valence-electron chi connectivity index (χ4n) is 2.99. The van der Waals surface area contributed by atoms with Crippen LogP contribution in [0.1, 0.15) is 15.3 Å². The largest absolute Gasteiger partial charge is 0.481 e. The Morgan fingerprint density at radius 2 is 1.79 bits per heavy atom. The second kappa shape index (κ2) is 7.29. The molecular weight excluding hydrogens is 388 g/mol. The van der Waals surface area contributed by atoms with Crippen LogP contribution in [0.4, 0.5) is 0 Å². The molecule has 150 valence electrons. The number of nitrogens with one attached hydrogen (secondary N) is 1. The van der Waals surface area contributed by atoms with Gasteiger partial charge < -0.3 is 9.72 Å². The Hall–Kier alpha value is -3.26. The zero-order valence-corrected chi connectivity index (χ0v) is 17.1. The molecule has 0 saturated heterocycles. The maximum atomic E-state index is 12.3. The number of hydrogen-bond acceptors (Lipinski definition) is 6. The molecule has 0 fully saturated rings. The predicted octanol–water partition coefficient (Wildman–Crippen LogP) is 4.12. The molecule has 0 bridgehead atoms. The van der Waals surface area contributed by atoms with Gasteiger partial charge in [-0.2, -0.15) is 0 Å². The highest BCUT2D eigenvalue weighted by Gasteiger charge is 2.19. The highest BCUT2D eigenvalue weighted by molar-refractivity contribution is 7.92. The summed E-state index contributed by atoms with van der Waals surface area (Å²) >= 11 is 0. The van der Waals surface area contributed by atoms with Crippen LogP contribution >= 0.6 is 0 Å². The van der Waals surface area contributed by atoms with Crippen LogP contribution in [0.2, 0.25) is 0 Å². The molecule has 7 nitrogen and oxygen atoms in total. The molecule has 29 heavy (non-hydrogen) atoms. The second-order valence-corrected chi connectivity index (χ2v) is 9.34. The molecule has 1 N–H and O–H groups in total. The van der Waals surface area contributed by atoms with Crippen molar-refractivity contribution in [3.8, 4) is 28.4 Å². The van der Waals surface area contributed by atoms with Gasteiger partial charge >= 0.3 is 0 Å². The Bertz CT molecular complexity index is 1290. The summed E-state index contributed by atoms with van der Waals surface area (Å²) in [5, 5.41) is -0.470. The molecular formula is C21H22N4O3S. The first-order valence-corrected chi connectivity index (χ1v) is 10.6. The molecule has 0 saturated carbocycles. The lowest BCUT2D eigenvalue weighted by atomic mass is 10.1. The summed E-state index contributed by atoms with van der Waals surface area (Å²) in [5.74, 6) is 0.517. The summed E-state index contributed by atoms with van der Waals surface area (Å²) in [7, 11) is -1.74. The first kappa shape index (κ1) is 19.1. The van der Waals surface area contributed by atoms with Crippen molar-refractivity contribution in [1.29, 1.82) is 0 Å². The maximum absolute atomic E-state index is 12.3. The molecule has 0 radical (unpaired) electrons. The summed E-state index contributed by atoms with van der Waals surface area (Å²) in [6.45, 7) is 3.34. The highest BCUT2D eigenvalue weighted by atomic mass is 32.2. The smallest absolute Gasteiger partial charge is 0.213 e. The number of rotatable bonds is 5. The van der Waals surface area contributed by atoms with E-state index in [4.69, 9.17) is 9.72 Å². The van der Waals surface area contributed by atoms with Gasteiger partial charge in [-0.05, 0) is 32.0 Å². The first-order valence-electron chi connectivity index (χ1n) is 9.10. The molecule has 4 rings (SSSR count). The van der Waals surface area contributed by atoms with E-state index in [0.717, 1.165) is 16.8 Å². The van der Waals surface area contributed by atoms with Gasteiger partial charge in [0, 0.05) is 24.8 Å². The number of aromatic amines is 1. The molecule has 0 unspecified atom stereocenters. The summed E-state index contributed by atoms with van der Waals surface area (Å²) in [6, 6.07) is 12.2. The number of hydrogen-bond donors (Lipinski definition) is 1. The Labute approximate surface area is 170 Å². The van der Waals surface area contributed by atoms with Gasteiger partial charge in [0.05, 0.1) is 34.8 Å². The minimum atomic E-state index is -3.31. The van der Waals surface area contributed by atoms with E-state index in [1.54, 1.807) is 57.5 Å². The van der Waals surface area contributed by atoms with Gasteiger partial charge in [-0.15, -0.1) is 0 Å². The van der Waals surface area contributed by atoms with Crippen LogP contribution < -0.4 is 4.74 Å². The van der Waals surface area contributed by atoms with E-state index in [2.05, 4.69) is 15.0 Å². The van der Waals surface area contributed by atoms with Crippen molar-refractivity contribution < 1.29 is 14.6 Å². The van der Waals surface area contributed by atoms with Crippen molar-refractivity contribution in [3.05, 3.63) is 54.9 Å². The number of nitrogens with zero attached hydrogens (tertiary/aromatic N) is 3. The average molecular weight is 410 g/mol. The third-order valence-corrected chi connectivity index (χ3v) is 6.86. The van der Waals surface area contributed by atoms with Gasteiger partial charge in [-0.3, -0.25) is 0 Å². The van der Waals surface area contributed by atoms with Crippen molar-refractivity contribution in [2.24, 2.45) is 0 Å². The minimum Gasteiger partial charge on any atom is -0.481 e. The lowest BCUT2D eigenvalue weighted by Gasteiger charge is -2.08. The molecule has 0 aliphatic carbocycles. The number of pyridine rings is 1. The van der Waals surface area contributed by atoms with Crippen LogP contribution in [0.25, 0.3) is 33.7 Å². The molecule has 4 aromatic rings. The Kier molecular flexibility index (Phi) is 4.79. The lowest BCUT2D eigenvalue weighted by Crippen LogP contribution is -2.13. The van der Waals surface area contributed by atoms with Crippen molar-refractivity contribution in [2.75, 3.05) is 7.11 Å². The number of fused-ring (bicyclic) bond motifs is 1. The third kappa shape index (κ3) is 3.47. The van der Waals surface area contributed by atoms with Crippen molar-refractivity contribution in [1.82, 2.24) is 19.9 Å². The fraction of sp³-hybridized carbons (Fsp3) is 0.190. The van der Waals surface area contributed by atoms with Gasteiger partial charge in [0.1, 0.15) is 5.52 Å². The normalized spacial score (nSPS) is 11.9. The van der Waals surface area contributed by atoms with Crippen molar-refractivity contribution >= 4 is 21.0 Å². The van der Waals surface area contributed by atoms with Crippen LogP contribution in [0.5, 0.6) is 5.88 Å². The van der Waals surface area contributed by atoms with Gasteiger partial charge in [0.15, 0.2) is 15.5 Å². The number of sulfone groups is 1. The lowest BCUT2D eigenvalue weighted by molar-refractivity contribution is 0.398. The molecule has 0 amide bonds. The number of methoxy groups -OCH3 is 1. The van der Waals surface area contributed by atoms with Crippen molar-refractivity contribution in [2.45, 2.75) is 24.0 Å². The van der Waals surface area contributed by atoms with Gasteiger partial charge in [-0.1, -0.05) is 18.2 Å². The monoisotopic (exact) mass is 410 g/mol. The standard InChI is InChI=1S/C21H20N4O3S.H2/c1-13(2)29(26,27)15-9-7-14(8-10-15)18-12-23-21-20(25-18)16(11-22-21)17-5-4-6-19(24-17)28-3;/h4-13H,1-3H3,(H,22,23);1H. The van der Waals surface area contributed by atoms with Gasteiger partial charge in [-0.25, -0.2) is 23.4 Å². The Morgan fingerprint density at radius 1 is 1.03 bits per heavy atom. The molecule has 8 heteroatoms. The van der Waals surface area contributed by atoms with E-state index in [1.807, 2.05) is 18.3 Å². The predicted molar refractivity (Wildman–Crippen MR) is 114 cm³/mol. The molecule has 0 aliphatic heterocycles. The SMILES string of the molecule is COc1cccc(-c2c[nH]c3ncc(-c4ccc(S(=O)(=O)C(C)C)cc4)nc23)n1.[HH]. The van der Waals surface area contributed by atoms with Crippen LogP contribution in [0, 0.1) is 0 Å². The van der Waals surface area contributed by atoms with Gasteiger partial charge in [0.25, 0.3) is 0 Å². The topological polar surface area (TPSA) is 97.8 Å². The quantitative estimate of drug-likeness (QED) is 0.531. The molecule has 0 aliphatic rings. The van der Waals surface area contributed by atoms with E-state index in [1.165, 1.54) is 0 Å². The van der Waals surface area contributed by atoms with Gasteiger partial charge in [0.2, 0.25) is 5.88 Å². The summed E-state index contributed by atoms with van der Waals surface area (Å²) in [4.78, 5) is 17.1. The highest BCUT2D eigenvalue weighted by Crippen LogP contribution is 2.29. The number of benzene rings is 1. The van der Waals surface area contributed by atoms with Crippen LogP contribution in [0.3, 0.4) is 0 Å². The molecule has 1 aromatic carbocycles. The summed E-state index contributed by atoms with van der Waals surface area (Å²) in [5.41, 5.74) is 4.30. The maximum Gasteiger partial charge on any atom is 0.213 e. The Balaban J connectivity index is 0.00000256. The van der Waals surface area contributed by atoms with E-state index in [0.29, 0.717) is 27.6 Å². The molecule has 0 spiro atoms. The number of aromatic nitrogens is 4. The number of H-pyrrole nitrogens is 1. The van der Waals surface area contributed by atoms with Crippen molar-refractivity contribution in [3.63, 3.8) is 0 Å². The number of ether oxygens (including phenoxy) is 1. The summed E-state index contributed by atoms with van der Waals surface area (Å²) < 4.78 is 29.9. The average Bonchev–Trinajstić information content (AvgIpc) is 3.17. The summed E-state index contributed by atoms with van der Waals surface area (Å²) in [6.07, 6.45) is 3.47. The van der Waals surface area contributed by atoms with Crippen LogP contribution in [-0.4, -0.2) is 40.7 Å². The van der Waals surface area contributed by atoms with E-state index < -0.39 is 15.1 Å².